The van der Waals surface area contributed by atoms with Crippen LogP contribution in [0.15, 0.2) is 18.2 Å². The van der Waals surface area contributed by atoms with E-state index in [-0.39, 0.29) is 24.3 Å². The van der Waals surface area contributed by atoms with Crippen LogP contribution in [0.2, 0.25) is 0 Å². The zero-order valence-corrected chi connectivity index (χ0v) is 11.3. The van der Waals surface area contributed by atoms with Gasteiger partial charge >= 0.3 is 11.9 Å². The second kappa shape index (κ2) is 10.9. The number of hydrogen-bond acceptors (Lipinski definition) is 4. The molecule has 4 N–H and O–H groups in total. The fraction of sp³-hybridized carbons (Fsp3) is 0.385. The lowest BCUT2D eigenvalue weighted by Crippen LogP contribution is -1.86. The van der Waals surface area contributed by atoms with Gasteiger partial charge in [0.1, 0.15) is 11.5 Å². The van der Waals surface area contributed by atoms with E-state index in [0.29, 0.717) is 5.56 Å². The number of aryl methyl sites for hydroxylation is 1. The quantitative estimate of drug-likeness (QED) is 0.614. The van der Waals surface area contributed by atoms with Crippen LogP contribution < -0.4 is 0 Å². The maximum atomic E-state index is 9.37. The minimum Gasteiger partial charge on any atom is -0.508 e. The first kappa shape index (κ1) is 19.1. The maximum absolute atomic E-state index is 9.37. The number of aliphatic carboxylic acids is 2. The summed E-state index contributed by atoms with van der Waals surface area (Å²) in [5.41, 5.74) is 0.690. The Morgan fingerprint density at radius 1 is 1.00 bits per heavy atom. The number of rotatable bonds is 2. The third-order valence-electron chi connectivity index (χ3n) is 1.79. The van der Waals surface area contributed by atoms with Gasteiger partial charge in [0.15, 0.2) is 0 Å². The largest absolute Gasteiger partial charge is 0.508 e. The number of benzene rings is 1. The lowest BCUT2D eigenvalue weighted by atomic mass is 10.2. The monoisotopic (exact) mass is 272 g/mol. The summed E-state index contributed by atoms with van der Waals surface area (Å²) in [6.07, 6.45) is 0.444. The minimum absolute atomic E-state index is 0.185. The molecular formula is C13H20O6. The van der Waals surface area contributed by atoms with Crippen molar-refractivity contribution in [2.45, 2.75) is 33.6 Å². The topological polar surface area (TPSA) is 115 Å². The van der Waals surface area contributed by atoms with E-state index in [2.05, 4.69) is 0 Å². The molecule has 1 aromatic rings. The van der Waals surface area contributed by atoms with Gasteiger partial charge in [0.25, 0.3) is 0 Å². The van der Waals surface area contributed by atoms with Gasteiger partial charge in [0, 0.05) is 12.8 Å². The highest BCUT2D eigenvalue weighted by molar-refractivity contribution is 5.66. The van der Waals surface area contributed by atoms with Crippen molar-refractivity contribution in [3.8, 4) is 11.5 Å². The fourth-order valence-electron chi connectivity index (χ4n) is 0.640. The van der Waals surface area contributed by atoms with E-state index in [1.807, 2.05) is 0 Å². The molecule has 19 heavy (non-hydrogen) atoms. The van der Waals surface area contributed by atoms with Crippen LogP contribution in [0.1, 0.15) is 32.3 Å². The van der Waals surface area contributed by atoms with Gasteiger partial charge in [0.05, 0.1) is 0 Å². The Morgan fingerprint density at radius 2 is 1.37 bits per heavy atom. The minimum atomic E-state index is -0.745. The normalized spacial score (nSPS) is 8.37. The first-order valence-corrected chi connectivity index (χ1v) is 5.66. The molecule has 108 valence electrons. The van der Waals surface area contributed by atoms with Gasteiger partial charge in [-0.15, -0.1) is 0 Å². The van der Waals surface area contributed by atoms with Gasteiger partial charge in [-0.2, -0.15) is 0 Å². The summed E-state index contributed by atoms with van der Waals surface area (Å²) in [6, 6.07) is 4.42. The summed E-state index contributed by atoms with van der Waals surface area (Å²) in [5.74, 6) is -1.09. The van der Waals surface area contributed by atoms with E-state index in [1.54, 1.807) is 20.8 Å². The highest BCUT2D eigenvalue weighted by Gasteiger charge is 1.93. The zero-order chi connectivity index (χ0) is 15.4. The van der Waals surface area contributed by atoms with Crippen molar-refractivity contribution in [3.63, 3.8) is 0 Å². The number of phenols is 2. The summed E-state index contributed by atoms with van der Waals surface area (Å²) in [7, 11) is 0. The summed E-state index contributed by atoms with van der Waals surface area (Å²) >= 11 is 0. The molecule has 0 atom stereocenters. The molecule has 0 amide bonds. The predicted molar refractivity (Wildman–Crippen MR) is 70.4 cm³/mol. The lowest BCUT2D eigenvalue weighted by Gasteiger charge is -1.96. The van der Waals surface area contributed by atoms with E-state index < -0.39 is 11.9 Å². The number of aromatic hydroxyl groups is 2. The molecule has 1 aromatic carbocycles. The Hall–Kier alpha value is -2.24. The summed E-state index contributed by atoms with van der Waals surface area (Å²) in [6.45, 7) is 4.93. The smallest absolute Gasteiger partial charge is 0.303 e. The van der Waals surface area contributed by atoms with Crippen molar-refractivity contribution in [2.24, 2.45) is 0 Å². The summed E-state index contributed by atoms with van der Waals surface area (Å²) in [5, 5.41) is 33.2. The van der Waals surface area contributed by atoms with Gasteiger partial charge in [-0.25, -0.2) is 0 Å². The number of carboxylic acid groups (broad SMARTS) is 2. The zero-order valence-electron chi connectivity index (χ0n) is 11.3. The highest BCUT2D eigenvalue weighted by Crippen LogP contribution is 2.19. The first-order valence-electron chi connectivity index (χ1n) is 5.66. The molecule has 0 bridgehead atoms. The SMILES string of the molecule is CCC(=O)O.CCC(=O)O.Cc1cc(O)ccc1O. The third kappa shape index (κ3) is 13.7. The van der Waals surface area contributed by atoms with Crippen LogP contribution in [0, 0.1) is 6.92 Å². The highest BCUT2D eigenvalue weighted by atomic mass is 16.4. The van der Waals surface area contributed by atoms with Gasteiger partial charge in [-0.05, 0) is 30.7 Å². The standard InChI is InChI=1S/C7H8O2.2C3H6O2/c1-5-4-6(8)2-3-7(5)9;2*1-2-3(4)5/h2-4,8-9H,1H3;2*2H2,1H3,(H,4,5). The van der Waals surface area contributed by atoms with Crippen LogP contribution in [0.4, 0.5) is 0 Å². The molecule has 0 unspecified atom stereocenters. The number of phenolic OH excluding ortho intramolecular Hbond substituents is 2. The predicted octanol–water partition coefficient (Wildman–Crippen LogP) is 2.37. The van der Waals surface area contributed by atoms with Crippen molar-refractivity contribution in [1.29, 1.82) is 0 Å². The van der Waals surface area contributed by atoms with Gasteiger partial charge in [-0.3, -0.25) is 9.59 Å². The van der Waals surface area contributed by atoms with Gasteiger partial charge < -0.3 is 20.4 Å². The van der Waals surface area contributed by atoms with Gasteiger partial charge in [-0.1, -0.05) is 13.8 Å². The maximum Gasteiger partial charge on any atom is 0.303 e. The summed E-state index contributed by atoms with van der Waals surface area (Å²) in [4.78, 5) is 18.7. The molecule has 0 saturated carbocycles. The molecule has 0 aromatic heterocycles. The molecular weight excluding hydrogens is 252 g/mol. The van der Waals surface area contributed by atoms with Crippen LogP contribution in [0.5, 0.6) is 11.5 Å². The molecule has 0 spiro atoms. The van der Waals surface area contributed by atoms with E-state index in [9.17, 15) is 9.59 Å². The van der Waals surface area contributed by atoms with Crippen LogP contribution in [-0.2, 0) is 9.59 Å². The Labute approximate surface area is 111 Å². The second-order valence-electron chi connectivity index (χ2n) is 3.47. The number of carboxylic acids is 2. The van der Waals surface area contributed by atoms with E-state index in [1.165, 1.54) is 18.2 Å². The van der Waals surface area contributed by atoms with Crippen LogP contribution >= 0.6 is 0 Å². The Kier molecular flexibility index (Phi) is 10.9. The molecule has 0 saturated heterocycles. The van der Waals surface area contributed by atoms with Crippen LogP contribution in [0.25, 0.3) is 0 Å². The number of hydrogen-bond donors (Lipinski definition) is 4. The number of carbonyl (C=O) groups is 2. The van der Waals surface area contributed by atoms with E-state index in [4.69, 9.17) is 20.4 Å². The van der Waals surface area contributed by atoms with Crippen molar-refractivity contribution < 1.29 is 30.0 Å². The van der Waals surface area contributed by atoms with Crippen LogP contribution in [0.3, 0.4) is 0 Å². The molecule has 0 heterocycles. The van der Waals surface area contributed by atoms with E-state index in [0.717, 1.165) is 0 Å². The molecule has 6 heteroatoms. The third-order valence-corrected chi connectivity index (χ3v) is 1.79. The average Bonchev–Trinajstić information content (AvgIpc) is 2.35. The Balaban J connectivity index is 0. The molecule has 0 fully saturated rings. The van der Waals surface area contributed by atoms with Crippen molar-refractivity contribution in [2.75, 3.05) is 0 Å². The Bertz CT molecular complexity index is 386. The fourth-order valence-corrected chi connectivity index (χ4v) is 0.640. The van der Waals surface area contributed by atoms with Crippen LogP contribution in [-0.4, -0.2) is 32.4 Å². The summed E-state index contributed by atoms with van der Waals surface area (Å²) < 4.78 is 0. The van der Waals surface area contributed by atoms with Crippen molar-refractivity contribution in [1.82, 2.24) is 0 Å². The molecule has 0 aliphatic carbocycles. The average molecular weight is 272 g/mol. The molecule has 0 radical (unpaired) electrons. The molecule has 0 aliphatic rings. The molecule has 0 aliphatic heterocycles. The molecule has 6 nitrogen and oxygen atoms in total. The molecule has 1 rings (SSSR count). The second-order valence-corrected chi connectivity index (χ2v) is 3.47. The van der Waals surface area contributed by atoms with Gasteiger partial charge in [0.2, 0.25) is 0 Å². The van der Waals surface area contributed by atoms with Crippen molar-refractivity contribution in [3.05, 3.63) is 23.8 Å². The first-order chi connectivity index (χ1) is 8.74. The lowest BCUT2D eigenvalue weighted by molar-refractivity contribution is -0.137. The Morgan fingerprint density at radius 3 is 1.58 bits per heavy atom. The van der Waals surface area contributed by atoms with E-state index >= 15 is 0 Å². The van der Waals surface area contributed by atoms with Crippen molar-refractivity contribution >= 4 is 11.9 Å².